The predicted octanol–water partition coefficient (Wildman–Crippen LogP) is 0.414. The maximum absolute atomic E-state index is 10.3. The largest absolute Gasteiger partial charge is 0.479 e. The van der Waals surface area contributed by atoms with Crippen LogP contribution in [-0.2, 0) is 9.59 Å². The standard InChI is InChI=1S/C10H9O6/c11-9(12)5-15-7-3-1-2-4-8(7)16-6-10(13)14/h1,3-4H,5-6H2,(H,11,12)(H,13,14). The van der Waals surface area contributed by atoms with Crippen LogP contribution < -0.4 is 9.47 Å². The van der Waals surface area contributed by atoms with Gasteiger partial charge in [-0.05, 0) is 18.2 Å². The lowest BCUT2D eigenvalue weighted by Gasteiger charge is -2.09. The van der Waals surface area contributed by atoms with Crippen LogP contribution in [0, 0.1) is 6.07 Å². The summed E-state index contributed by atoms with van der Waals surface area (Å²) in [7, 11) is 0. The van der Waals surface area contributed by atoms with Crippen LogP contribution in [0.2, 0.25) is 0 Å². The van der Waals surface area contributed by atoms with E-state index in [-0.39, 0.29) is 11.5 Å². The summed E-state index contributed by atoms with van der Waals surface area (Å²) >= 11 is 0. The number of carbonyl (C=O) groups is 2. The van der Waals surface area contributed by atoms with E-state index < -0.39 is 25.2 Å². The topological polar surface area (TPSA) is 93.1 Å². The molecule has 0 heterocycles. The van der Waals surface area contributed by atoms with Crippen molar-refractivity contribution in [2.24, 2.45) is 0 Å². The minimum Gasteiger partial charge on any atom is -0.479 e. The molecular formula is C10H9O6. The maximum atomic E-state index is 10.3. The van der Waals surface area contributed by atoms with Crippen LogP contribution in [-0.4, -0.2) is 35.4 Å². The van der Waals surface area contributed by atoms with E-state index >= 15 is 0 Å². The van der Waals surface area contributed by atoms with Crippen LogP contribution >= 0.6 is 0 Å². The lowest BCUT2D eigenvalue weighted by atomic mass is 10.3. The number of aliphatic carboxylic acids is 2. The van der Waals surface area contributed by atoms with Crippen molar-refractivity contribution in [3.63, 3.8) is 0 Å². The van der Waals surface area contributed by atoms with Gasteiger partial charge in [0.2, 0.25) is 0 Å². The molecule has 85 valence electrons. The van der Waals surface area contributed by atoms with Gasteiger partial charge in [-0.3, -0.25) is 0 Å². The molecule has 0 aliphatic rings. The molecule has 0 saturated heterocycles. The smallest absolute Gasteiger partial charge is 0.341 e. The van der Waals surface area contributed by atoms with Gasteiger partial charge in [-0.25, -0.2) is 9.59 Å². The summed E-state index contributed by atoms with van der Waals surface area (Å²) in [5, 5.41) is 16.8. The first-order valence-corrected chi connectivity index (χ1v) is 4.29. The molecule has 0 saturated carbocycles. The normalized spacial score (nSPS) is 9.50. The van der Waals surface area contributed by atoms with Crippen molar-refractivity contribution >= 4 is 11.9 Å². The van der Waals surface area contributed by atoms with Crippen molar-refractivity contribution < 1.29 is 29.3 Å². The fourth-order valence-corrected chi connectivity index (χ4v) is 0.912. The van der Waals surface area contributed by atoms with Gasteiger partial charge in [-0.1, -0.05) is 6.07 Å². The fraction of sp³-hybridized carbons (Fsp3) is 0.200. The average molecular weight is 225 g/mol. The molecule has 1 aromatic carbocycles. The van der Waals surface area contributed by atoms with Crippen LogP contribution in [0.4, 0.5) is 0 Å². The lowest BCUT2D eigenvalue weighted by molar-refractivity contribution is -0.140. The first-order valence-electron chi connectivity index (χ1n) is 4.29. The molecule has 0 aliphatic heterocycles. The van der Waals surface area contributed by atoms with Gasteiger partial charge in [-0.15, -0.1) is 0 Å². The number of benzene rings is 1. The van der Waals surface area contributed by atoms with Crippen molar-refractivity contribution in [3.05, 3.63) is 24.3 Å². The highest BCUT2D eigenvalue weighted by atomic mass is 16.5. The molecule has 0 aliphatic carbocycles. The van der Waals surface area contributed by atoms with Gasteiger partial charge in [0.25, 0.3) is 0 Å². The average Bonchev–Trinajstić information content (AvgIpc) is 2.24. The van der Waals surface area contributed by atoms with Gasteiger partial charge in [0.15, 0.2) is 24.7 Å². The summed E-state index contributed by atoms with van der Waals surface area (Å²) in [5.74, 6) is -1.95. The molecule has 1 radical (unpaired) electrons. The second kappa shape index (κ2) is 5.59. The van der Waals surface area contributed by atoms with E-state index in [1.165, 1.54) is 18.2 Å². The van der Waals surface area contributed by atoms with Crippen LogP contribution in [0.25, 0.3) is 0 Å². The summed E-state index contributed by atoms with van der Waals surface area (Å²) in [6.07, 6.45) is 0. The third-order valence-electron chi connectivity index (χ3n) is 1.49. The first-order chi connectivity index (χ1) is 7.59. The van der Waals surface area contributed by atoms with Crippen LogP contribution in [0.3, 0.4) is 0 Å². The van der Waals surface area contributed by atoms with Crippen molar-refractivity contribution in [2.75, 3.05) is 13.2 Å². The summed E-state index contributed by atoms with van der Waals surface area (Å²) in [6.45, 7) is -1.05. The third-order valence-corrected chi connectivity index (χ3v) is 1.49. The lowest BCUT2D eigenvalue weighted by Crippen LogP contribution is -2.12. The van der Waals surface area contributed by atoms with E-state index in [2.05, 4.69) is 6.07 Å². The van der Waals surface area contributed by atoms with Crippen molar-refractivity contribution in [2.45, 2.75) is 0 Å². The van der Waals surface area contributed by atoms with E-state index in [0.29, 0.717) is 0 Å². The van der Waals surface area contributed by atoms with E-state index in [1.807, 2.05) is 0 Å². The Bertz CT molecular complexity index is 350. The van der Waals surface area contributed by atoms with Gasteiger partial charge in [0, 0.05) is 0 Å². The Labute approximate surface area is 91.0 Å². The van der Waals surface area contributed by atoms with Crippen molar-refractivity contribution in [1.29, 1.82) is 0 Å². The Balaban J connectivity index is 2.67. The Kier molecular flexibility index (Phi) is 4.14. The molecule has 0 amide bonds. The van der Waals surface area contributed by atoms with Crippen molar-refractivity contribution in [3.8, 4) is 11.5 Å². The maximum Gasteiger partial charge on any atom is 0.341 e. The van der Waals surface area contributed by atoms with Crippen LogP contribution in [0.15, 0.2) is 18.2 Å². The Morgan fingerprint density at radius 3 is 2.25 bits per heavy atom. The number of hydrogen-bond acceptors (Lipinski definition) is 4. The Morgan fingerprint density at radius 2 is 1.69 bits per heavy atom. The highest BCUT2D eigenvalue weighted by Crippen LogP contribution is 2.25. The minimum atomic E-state index is -1.13. The molecule has 6 heteroatoms. The van der Waals surface area contributed by atoms with Gasteiger partial charge >= 0.3 is 11.9 Å². The molecule has 0 atom stereocenters. The summed E-state index contributed by atoms with van der Waals surface area (Å²) in [4.78, 5) is 20.6. The molecule has 16 heavy (non-hydrogen) atoms. The fourth-order valence-electron chi connectivity index (χ4n) is 0.912. The highest BCUT2D eigenvalue weighted by molar-refractivity contribution is 5.69. The van der Waals surface area contributed by atoms with Gasteiger partial charge in [0.05, 0.1) is 0 Å². The zero-order chi connectivity index (χ0) is 12.0. The molecule has 1 rings (SSSR count). The van der Waals surface area contributed by atoms with E-state index in [9.17, 15) is 9.59 Å². The minimum absolute atomic E-state index is 0.145. The van der Waals surface area contributed by atoms with Gasteiger partial charge < -0.3 is 19.7 Å². The number of ether oxygens (including phenoxy) is 2. The van der Waals surface area contributed by atoms with Crippen molar-refractivity contribution in [1.82, 2.24) is 0 Å². The SMILES string of the molecule is O=C(O)COc1c[c]ccc1OCC(=O)O. The Hall–Kier alpha value is -2.24. The Morgan fingerprint density at radius 1 is 1.12 bits per heavy atom. The summed E-state index contributed by atoms with van der Waals surface area (Å²) in [5.41, 5.74) is 0. The summed E-state index contributed by atoms with van der Waals surface area (Å²) < 4.78 is 9.78. The summed E-state index contributed by atoms with van der Waals surface area (Å²) in [6, 6.07) is 6.99. The zero-order valence-electron chi connectivity index (χ0n) is 8.17. The molecule has 0 aromatic heterocycles. The monoisotopic (exact) mass is 225 g/mol. The number of rotatable bonds is 6. The second-order valence-corrected chi connectivity index (χ2v) is 2.74. The molecule has 0 spiro atoms. The molecule has 6 nitrogen and oxygen atoms in total. The van der Waals surface area contributed by atoms with Gasteiger partial charge in [0.1, 0.15) is 0 Å². The van der Waals surface area contributed by atoms with Crippen LogP contribution in [0.1, 0.15) is 0 Å². The molecule has 1 aromatic rings. The second-order valence-electron chi connectivity index (χ2n) is 2.74. The zero-order valence-corrected chi connectivity index (χ0v) is 8.17. The first kappa shape index (κ1) is 11.8. The van der Waals surface area contributed by atoms with E-state index in [0.717, 1.165) is 0 Å². The molecule has 0 unspecified atom stereocenters. The number of hydrogen-bond donors (Lipinski definition) is 2. The molecular weight excluding hydrogens is 216 g/mol. The number of carboxylic acid groups (broad SMARTS) is 2. The van der Waals surface area contributed by atoms with Gasteiger partial charge in [-0.2, -0.15) is 0 Å². The molecule has 0 fully saturated rings. The molecule has 2 N–H and O–H groups in total. The highest BCUT2D eigenvalue weighted by Gasteiger charge is 2.07. The third kappa shape index (κ3) is 3.87. The number of carboxylic acids is 2. The quantitative estimate of drug-likeness (QED) is 0.728. The van der Waals surface area contributed by atoms with Crippen LogP contribution in [0.5, 0.6) is 11.5 Å². The van der Waals surface area contributed by atoms with E-state index in [1.54, 1.807) is 0 Å². The van der Waals surface area contributed by atoms with E-state index in [4.69, 9.17) is 19.7 Å². The molecule has 0 bridgehead atoms. The predicted molar refractivity (Wildman–Crippen MR) is 51.5 cm³/mol.